The highest BCUT2D eigenvalue weighted by Gasteiger charge is 2.19. The van der Waals surface area contributed by atoms with E-state index < -0.39 is 0 Å². The van der Waals surface area contributed by atoms with Gasteiger partial charge < -0.3 is 9.64 Å². The number of rotatable bonds is 11. The van der Waals surface area contributed by atoms with Crippen LogP contribution in [0, 0.1) is 0 Å². The van der Waals surface area contributed by atoms with E-state index in [1.807, 2.05) is 59.0 Å². The molecule has 0 N–H and O–H groups in total. The van der Waals surface area contributed by atoms with Gasteiger partial charge in [-0.1, -0.05) is 67.6 Å². The average Bonchev–Trinajstić information content (AvgIpc) is 3.29. The molecule has 0 fully saturated rings. The number of carbonyl (C=O) groups is 1. The van der Waals surface area contributed by atoms with Crippen LogP contribution < -0.4 is 5.56 Å². The molecule has 0 unspecified atom stereocenters. The van der Waals surface area contributed by atoms with Crippen LogP contribution >= 0.6 is 11.8 Å². The van der Waals surface area contributed by atoms with Crippen molar-refractivity contribution in [2.45, 2.75) is 38.0 Å². The predicted octanol–water partition coefficient (Wildman–Crippen LogP) is 3.61. The number of benzene rings is 2. The minimum Gasteiger partial charge on any atom is -0.383 e. The number of aromatic nitrogens is 4. The third kappa shape index (κ3) is 5.15. The number of amides is 1. The maximum atomic E-state index is 13.1. The molecule has 8 nitrogen and oxygen atoms in total. The molecule has 0 atom stereocenters. The summed E-state index contributed by atoms with van der Waals surface area (Å²) in [6, 6.07) is 17.4. The van der Waals surface area contributed by atoms with Gasteiger partial charge in [-0.05, 0) is 24.1 Å². The molecule has 4 aromatic rings. The molecule has 9 heteroatoms. The molecule has 2 heterocycles. The zero-order chi connectivity index (χ0) is 23.9. The summed E-state index contributed by atoms with van der Waals surface area (Å²) in [5.41, 5.74) is 1.75. The maximum absolute atomic E-state index is 13.1. The van der Waals surface area contributed by atoms with Crippen LogP contribution in [-0.4, -0.2) is 56.0 Å². The monoisotopic (exact) mass is 479 g/mol. The van der Waals surface area contributed by atoms with Gasteiger partial charge in [-0.15, -0.1) is 10.2 Å². The Balaban J connectivity index is 1.62. The van der Waals surface area contributed by atoms with Crippen LogP contribution in [0.15, 0.2) is 64.5 Å². The molecule has 0 saturated carbocycles. The molecular formula is C25H29N5O3S. The molecule has 178 valence electrons. The van der Waals surface area contributed by atoms with E-state index in [0.29, 0.717) is 42.6 Å². The van der Waals surface area contributed by atoms with E-state index >= 15 is 0 Å². The van der Waals surface area contributed by atoms with Crippen LogP contribution in [0.5, 0.6) is 0 Å². The summed E-state index contributed by atoms with van der Waals surface area (Å²) >= 11 is 1.33. The first kappa shape index (κ1) is 24.0. The molecule has 0 bridgehead atoms. The van der Waals surface area contributed by atoms with E-state index in [9.17, 15) is 9.59 Å². The Bertz CT molecular complexity index is 1320. The lowest BCUT2D eigenvalue weighted by molar-refractivity contribution is -0.129. The van der Waals surface area contributed by atoms with Crippen molar-refractivity contribution in [3.63, 3.8) is 0 Å². The van der Waals surface area contributed by atoms with E-state index in [4.69, 9.17) is 4.74 Å². The van der Waals surface area contributed by atoms with Crippen molar-refractivity contribution in [1.82, 2.24) is 24.1 Å². The van der Waals surface area contributed by atoms with Crippen molar-refractivity contribution in [3.05, 3.63) is 70.5 Å². The number of hydrogen-bond donors (Lipinski definition) is 0. The number of ether oxygens (including phenoxy) is 1. The lowest BCUT2D eigenvalue weighted by Crippen LogP contribution is -2.34. The first-order chi connectivity index (χ1) is 16.6. The second-order valence-electron chi connectivity index (χ2n) is 8.03. The minimum atomic E-state index is -0.0646. The third-order valence-corrected chi connectivity index (χ3v) is 6.59. The van der Waals surface area contributed by atoms with Gasteiger partial charge in [-0.3, -0.25) is 18.6 Å². The van der Waals surface area contributed by atoms with Crippen LogP contribution in [0.2, 0.25) is 0 Å². The van der Waals surface area contributed by atoms with E-state index in [0.717, 1.165) is 23.9 Å². The van der Waals surface area contributed by atoms with Crippen LogP contribution in [0.4, 0.5) is 0 Å². The van der Waals surface area contributed by atoms with Crippen LogP contribution in [0.25, 0.3) is 16.7 Å². The minimum absolute atomic E-state index is 0.00809. The van der Waals surface area contributed by atoms with Gasteiger partial charge in [0.15, 0.2) is 5.16 Å². The third-order valence-electron chi connectivity index (χ3n) is 5.67. The first-order valence-corrected chi connectivity index (χ1v) is 12.4. The highest BCUT2D eigenvalue weighted by Crippen LogP contribution is 2.22. The standard InChI is InChI=1S/C25H29N5O3S/c1-3-4-14-29-23(32)20-12-8-9-13-21(20)30-24(29)26-27-25(30)34-18-22(31)28(15-16-33-2)17-19-10-6-5-7-11-19/h5-13H,3-4,14-18H2,1-2H3. The molecule has 2 aromatic heterocycles. The quantitative estimate of drug-likeness (QED) is 0.306. The molecule has 4 rings (SSSR count). The normalized spacial score (nSPS) is 11.4. The van der Waals surface area contributed by atoms with E-state index in [1.165, 1.54) is 11.8 Å². The Morgan fingerprint density at radius 1 is 1.09 bits per heavy atom. The molecule has 2 aromatic carbocycles. The fourth-order valence-electron chi connectivity index (χ4n) is 3.86. The largest absolute Gasteiger partial charge is 0.383 e. The van der Waals surface area contributed by atoms with Crippen molar-refractivity contribution >= 4 is 34.3 Å². The molecule has 0 aliphatic heterocycles. The maximum Gasteiger partial charge on any atom is 0.262 e. The molecule has 1 amide bonds. The molecule has 0 aliphatic rings. The van der Waals surface area contributed by atoms with Crippen molar-refractivity contribution < 1.29 is 9.53 Å². The average molecular weight is 480 g/mol. The number of carbonyl (C=O) groups excluding carboxylic acids is 1. The summed E-state index contributed by atoms with van der Waals surface area (Å²) < 4.78 is 8.79. The van der Waals surface area contributed by atoms with Gasteiger partial charge in [-0.25, -0.2) is 0 Å². The van der Waals surface area contributed by atoms with Gasteiger partial charge in [0, 0.05) is 26.7 Å². The number of fused-ring (bicyclic) bond motifs is 3. The van der Waals surface area contributed by atoms with Crippen molar-refractivity contribution in [3.8, 4) is 0 Å². The number of hydrogen-bond acceptors (Lipinski definition) is 6. The van der Waals surface area contributed by atoms with E-state index in [2.05, 4.69) is 17.1 Å². The van der Waals surface area contributed by atoms with Gasteiger partial charge >= 0.3 is 0 Å². The van der Waals surface area contributed by atoms with Crippen LogP contribution in [-0.2, 0) is 22.6 Å². The highest BCUT2D eigenvalue weighted by molar-refractivity contribution is 7.99. The summed E-state index contributed by atoms with van der Waals surface area (Å²) in [6.45, 7) is 4.15. The van der Waals surface area contributed by atoms with Gasteiger partial charge in [0.1, 0.15) is 0 Å². The first-order valence-electron chi connectivity index (χ1n) is 11.4. The Kier molecular flexibility index (Phi) is 7.97. The van der Waals surface area contributed by atoms with Gasteiger partial charge in [-0.2, -0.15) is 0 Å². The summed E-state index contributed by atoms with van der Waals surface area (Å²) in [6.07, 6.45) is 1.84. The Morgan fingerprint density at radius 3 is 2.62 bits per heavy atom. The van der Waals surface area contributed by atoms with Crippen molar-refractivity contribution in [1.29, 1.82) is 0 Å². The summed E-state index contributed by atoms with van der Waals surface area (Å²) in [7, 11) is 1.63. The van der Waals surface area contributed by atoms with Crippen LogP contribution in [0.1, 0.15) is 25.3 Å². The lowest BCUT2D eigenvalue weighted by atomic mass is 10.2. The van der Waals surface area contributed by atoms with E-state index in [1.54, 1.807) is 16.6 Å². The Labute approximate surface area is 202 Å². The van der Waals surface area contributed by atoms with Gasteiger partial charge in [0.25, 0.3) is 5.56 Å². The van der Waals surface area contributed by atoms with Crippen LogP contribution in [0.3, 0.4) is 0 Å². The second kappa shape index (κ2) is 11.3. The smallest absolute Gasteiger partial charge is 0.262 e. The molecule has 0 radical (unpaired) electrons. The molecule has 0 spiro atoms. The Hall–Kier alpha value is -3.17. The number of methoxy groups -OCH3 is 1. The number of nitrogens with zero attached hydrogens (tertiary/aromatic N) is 5. The van der Waals surface area contributed by atoms with Crippen molar-refractivity contribution in [2.24, 2.45) is 0 Å². The van der Waals surface area contributed by atoms with Gasteiger partial charge in [0.05, 0.1) is 23.3 Å². The topological polar surface area (TPSA) is 81.7 Å². The van der Waals surface area contributed by atoms with Crippen molar-refractivity contribution in [2.75, 3.05) is 26.0 Å². The fraction of sp³-hybridized carbons (Fsp3) is 0.360. The highest BCUT2D eigenvalue weighted by atomic mass is 32.2. The lowest BCUT2D eigenvalue weighted by Gasteiger charge is -2.22. The molecule has 34 heavy (non-hydrogen) atoms. The van der Waals surface area contributed by atoms with E-state index in [-0.39, 0.29) is 17.2 Å². The number of thioether (sulfide) groups is 1. The summed E-state index contributed by atoms with van der Waals surface area (Å²) in [5, 5.41) is 9.90. The fourth-order valence-corrected chi connectivity index (χ4v) is 4.70. The molecular weight excluding hydrogens is 450 g/mol. The second-order valence-corrected chi connectivity index (χ2v) is 8.97. The molecule has 0 saturated heterocycles. The summed E-state index contributed by atoms with van der Waals surface area (Å²) in [5.74, 6) is 0.707. The number of para-hydroxylation sites is 1. The zero-order valence-corrected chi connectivity index (χ0v) is 20.3. The predicted molar refractivity (Wildman–Crippen MR) is 134 cm³/mol. The SMILES string of the molecule is CCCCn1c(=O)c2ccccc2n2c(SCC(=O)N(CCOC)Cc3ccccc3)nnc12. The van der Waals surface area contributed by atoms with Gasteiger partial charge in [0.2, 0.25) is 11.7 Å². The Morgan fingerprint density at radius 2 is 1.85 bits per heavy atom. The zero-order valence-electron chi connectivity index (χ0n) is 19.5. The molecule has 0 aliphatic carbocycles. The summed E-state index contributed by atoms with van der Waals surface area (Å²) in [4.78, 5) is 28.0. The number of aryl methyl sites for hydroxylation is 1. The number of unbranched alkanes of at least 4 members (excludes halogenated alkanes) is 1.